The van der Waals surface area contributed by atoms with Gasteiger partial charge in [-0.25, -0.2) is 0 Å². The zero-order chi connectivity index (χ0) is 12.8. The normalized spacial score (nSPS) is 13.3. The van der Waals surface area contributed by atoms with Gasteiger partial charge in [0.2, 0.25) is 0 Å². The Morgan fingerprint density at radius 2 is 1.94 bits per heavy atom. The molecule has 17 heavy (non-hydrogen) atoms. The van der Waals surface area contributed by atoms with Crippen LogP contribution in [0.4, 0.5) is 0 Å². The first-order valence-corrected chi connectivity index (χ1v) is 7.22. The van der Waals surface area contributed by atoms with Crippen LogP contribution in [0.1, 0.15) is 39.4 Å². The van der Waals surface area contributed by atoms with Crippen LogP contribution in [0.25, 0.3) is 0 Å². The van der Waals surface area contributed by atoms with Crippen LogP contribution in [-0.2, 0) is 7.05 Å². The van der Waals surface area contributed by atoms with Crippen LogP contribution >= 0.6 is 11.8 Å². The number of nitrogens with zero attached hydrogens (tertiary/aromatic N) is 3. The van der Waals surface area contributed by atoms with Crippen LogP contribution in [0.2, 0.25) is 0 Å². The van der Waals surface area contributed by atoms with E-state index >= 15 is 0 Å². The molecule has 0 aliphatic heterocycles. The second-order valence-electron chi connectivity index (χ2n) is 4.44. The number of aromatic nitrogens is 3. The van der Waals surface area contributed by atoms with Crippen molar-refractivity contribution in [1.29, 1.82) is 0 Å². The van der Waals surface area contributed by atoms with Crippen LogP contribution in [0, 0.1) is 6.92 Å². The summed E-state index contributed by atoms with van der Waals surface area (Å²) in [5.41, 5.74) is 0. The van der Waals surface area contributed by atoms with Crippen molar-refractivity contribution in [2.45, 2.75) is 57.0 Å². The van der Waals surface area contributed by atoms with E-state index in [0.717, 1.165) is 17.5 Å². The Labute approximate surface area is 109 Å². The molecule has 1 N–H and O–H groups in total. The molecule has 0 amide bonds. The minimum Gasteiger partial charge on any atom is -0.313 e. The van der Waals surface area contributed by atoms with Crippen LogP contribution in [0.5, 0.6) is 0 Å². The van der Waals surface area contributed by atoms with Crippen LogP contribution in [-0.4, -0.2) is 32.6 Å². The van der Waals surface area contributed by atoms with Gasteiger partial charge in [0.05, 0.1) is 0 Å². The van der Waals surface area contributed by atoms with Gasteiger partial charge in [0.25, 0.3) is 0 Å². The fourth-order valence-corrected chi connectivity index (χ4v) is 2.54. The highest BCUT2D eigenvalue weighted by molar-refractivity contribution is 7.99. The molecular weight excluding hydrogens is 232 g/mol. The third-order valence-electron chi connectivity index (χ3n) is 3.04. The molecule has 0 aliphatic rings. The van der Waals surface area contributed by atoms with Gasteiger partial charge >= 0.3 is 0 Å². The topological polar surface area (TPSA) is 42.7 Å². The summed E-state index contributed by atoms with van der Waals surface area (Å²) in [6, 6.07) is 0.638. The maximum Gasteiger partial charge on any atom is 0.191 e. The largest absolute Gasteiger partial charge is 0.313 e. The standard InChI is InChI=1S/C12H24N4S/c1-6-11(7-2)13-8-9(3)17-12-15-14-10(4)16(12)5/h9,11,13H,6-8H2,1-5H3. The van der Waals surface area contributed by atoms with E-state index < -0.39 is 0 Å². The average molecular weight is 256 g/mol. The molecular formula is C12H24N4S. The predicted octanol–water partition coefficient (Wildman–Crippen LogP) is 2.38. The third kappa shape index (κ3) is 4.32. The first-order valence-electron chi connectivity index (χ1n) is 6.34. The molecule has 5 heteroatoms. The minimum atomic E-state index is 0.512. The average Bonchev–Trinajstić information content (AvgIpc) is 2.62. The van der Waals surface area contributed by atoms with E-state index in [4.69, 9.17) is 0 Å². The Morgan fingerprint density at radius 3 is 2.41 bits per heavy atom. The summed E-state index contributed by atoms with van der Waals surface area (Å²) in [6.45, 7) is 9.67. The second-order valence-corrected chi connectivity index (χ2v) is 5.84. The second kappa shape index (κ2) is 7.01. The molecule has 0 bridgehead atoms. The maximum atomic E-state index is 4.17. The lowest BCUT2D eigenvalue weighted by Crippen LogP contribution is -2.32. The Bertz CT molecular complexity index is 333. The van der Waals surface area contributed by atoms with Gasteiger partial charge in [-0.1, -0.05) is 32.5 Å². The summed E-state index contributed by atoms with van der Waals surface area (Å²) in [4.78, 5) is 0. The lowest BCUT2D eigenvalue weighted by atomic mass is 10.2. The SMILES string of the molecule is CCC(CC)NCC(C)Sc1nnc(C)n1C. The Balaban J connectivity index is 2.39. The molecule has 0 saturated heterocycles. The van der Waals surface area contributed by atoms with Gasteiger partial charge in [0.1, 0.15) is 5.82 Å². The van der Waals surface area contributed by atoms with Crippen molar-refractivity contribution in [2.75, 3.05) is 6.54 Å². The van der Waals surface area contributed by atoms with Crippen molar-refractivity contribution in [3.63, 3.8) is 0 Å². The number of rotatable bonds is 7. The molecule has 0 radical (unpaired) electrons. The highest BCUT2D eigenvalue weighted by atomic mass is 32.2. The van der Waals surface area contributed by atoms with Crippen molar-refractivity contribution in [1.82, 2.24) is 20.1 Å². The van der Waals surface area contributed by atoms with E-state index in [1.165, 1.54) is 12.8 Å². The van der Waals surface area contributed by atoms with E-state index in [1.807, 2.05) is 18.5 Å². The molecule has 98 valence electrons. The van der Waals surface area contributed by atoms with Crippen molar-refractivity contribution < 1.29 is 0 Å². The van der Waals surface area contributed by atoms with E-state index in [1.54, 1.807) is 11.8 Å². The van der Waals surface area contributed by atoms with Gasteiger partial charge in [-0.15, -0.1) is 10.2 Å². The van der Waals surface area contributed by atoms with Crippen molar-refractivity contribution in [2.24, 2.45) is 7.05 Å². The Hall–Kier alpha value is -0.550. The molecule has 0 saturated carbocycles. The quantitative estimate of drug-likeness (QED) is 0.761. The zero-order valence-electron chi connectivity index (χ0n) is 11.5. The van der Waals surface area contributed by atoms with Crippen LogP contribution < -0.4 is 5.32 Å². The molecule has 1 atom stereocenters. The highest BCUT2D eigenvalue weighted by Crippen LogP contribution is 2.20. The number of aryl methyl sites for hydroxylation is 1. The third-order valence-corrected chi connectivity index (χ3v) is 4.17. The van der Waals surface area contributed by atoms with Crippen molar-refractivity contribution in [3.8, 4) is 0 Å². The van der Waals surface area contributed by atoms with E-state index in [2.05, 4.69) is 36.3 Å². The first kappa shape index (κ1) is 14.5. The van der Waals surface area contributed by atoms with Crippen LogP contribution in [0.15, 0.2) is 5.16 Å². The lowest BCUT2D eigenvalue weighted by Gasteiger charge is -2.17. The summed E-state index contributed by atoms with van der Waals surface area (Å²) >= 11 is 1.78. The van der Waals surface area contributed by atoms with Crippen molar-refractivity contribution >= 4 is 11.8 Å². The summed E-state index contributed by atoms with van der Waals surface area (Å²) < 4.78 is 2.04. The molecule has 0 fully saturated rings. The molecule has 0 aromatic carbocycles. The summed E-state index contributed by atoms with van der Waals surface area (Å²) in [5.74, 6) is 0.965. The number of thioether (sulfide) groups is 1. The number of hydrogen-bond acceptors (Lipinski definition) is 4. The molecule has 0 aliphatic carbocycles. The molecule has 1 aromatic heterocycles. The number of nitrogens with one attached hydrogen (secondary N) is 1. The highest BCUT2D eigenvalue weighted by Gasteiger charge is 2.12. The van der Waals surface area contributed by atoms with E-state index in [9.17, 15) is 0 Å². The van der Waals surface area contributed by atoms with E-state index in [-0.39, 0.29) is 0 Å². The Morgan fingerprint density at radius 1 is 1.29 bits per heavy atom. The molecule has 0 spiro atoms. The monoisotopic (exact) mass is 256 g/mol. The molecule has 1 unspecified atom stereocenters. The van der Waals surface area contributed by atoms with Gasteiger partial charge < -0.3 is 9.88 Å². The van der Waals surface area contributed by atoms with Gasteiger partial charge in [-0.2, -0.15) is 0 Å². The zero-order valence-corrected chi connectivity index (χ0v) is 12.3. The summed E-state index contributed by atoms with van der Waals surface area (Å²) in [5, 5.41) is 13.3. The van der Waals surface area contributed by atoms with Crippen LogP contribution in [0.3, 0.4) is 0 Å². The Kier molecular flexibility index (Phi) is 5.98. The van der Waals surface area contributed by atoms with E-state index in [0.29, 0.717) is 11.3 Å². The fourth-order valence-electron chi connectivity index (χ4n) is 1.62. The van der Waals surface area contributed by atoms with Gasteiger partial charge in [0, 0.05) is 24.9 Å². The molecule has 1 rings (SSSR count). The summed E-state index contributed by atoms with van der Waals surface area (Å²) in [6.07, 6.45) is 2.38. The molecule has 1 heterocycles. The predicted molar refractivity (Wildman–Crippen MR) is 73.4 cm³/mol. The maximum absolute atomic E-state index is 4.17. The van der Waals surface area contributed by atoms with Crippen molar-refractivity contribution in [3.05, 3.63) is 5.82 Å². The van der Waals surface area contributed by atoms with Gasteiger partial charge in [0.15, 0.2) is 5.16 Å². The smallest absolute Gasteiger partial charge is 0.191 e. The molecule has 1 aromatic rings. The number of hydrogen-bond donors (Lipinski definition) is 1. The van der Waals surface area contributed by atoms with Gasteiger partial charge in [-0.05, 0) is 19.8 Å². The first-order chi connectivity index (χ1) is 8.08. The minimum absolute atomic E-state index is 0.512. The van der Waals surface area contributed by atoms with Gasteiger partial charge in [-0.3, -0.25) is 0 Å². The molecule has 4 nitrogen and oxygen atoms in total. The summed E-state index contributed by atoms with van der Waals surface area (Å²) in [7, 11) is 2.01. The lowest BCUT2D eigenvalue weighted by molar-refractivity contribution is 0.487. The fraction of sp³-hybridized carbons (Fsp3) is 0.833.